The Bertz CT molecular complexity index is 5640. The SMILES string of the molecule is COc1ccc(-c2cc(=O)n3cc(N4CCNCC4)ccc3n2)cc1OC(F)F.COc1ncc(-c2cc(=O)n3cc(N4CCNCC4)ccc3n2)cc1Cl.O=c1cc(-c2ccc3[nH]ccc3c2)nc2ccc(N3CCNCC3)cn12.O=c1cc(-c2ccc3cc[nH]c3c2)nc2ccc(N3CCNCC3)cn12. The molecule has 4 aliphatic rings. The van der Waals surface area contributed by atoms with Crippen molar-refractivity contribution in [2.75, 3.05) is 139 Å². The summed E-state index contributed by atoms with van der Waals surface area (Å²) < 4.78 is 46.3. The van der Waals surface area contributed by atoms with Crippen LogP contribution in [-0.2, 0) is 0 Å². The highest BCUT2D eigenvalue weighted by molar-refractivity contribution is 6.32. The van der Waals surface area contributed by atoms with Crippen molar-refractivity contribution in [3.05, 3.63) is 235 Å². The fraction of sp³-hybridized carbons (Fsp3) is 0.244. The third-order valence-corrected chi connectivity index (χ3v) is 19.4. The van der Waals surface area contributed by atoms with E-state index < -0.39 is 6.61 Å². The zero-order chi connectivity index (χ0) is 73.5. The number of aromatic nitrogens is 11. The van der Waals surface area contributed by atoms with Crippen molar-refractivity contribution >= 4 is 78.7 Å². The van der Waals surface area contributed by atoms with E-state index in [-0.39, 0.29) is 33.7 Å². The van der Waals surface area contributed by atoms with E-state index in [0.29, 0.717) is 67.4 Å². The fourth-order valence-electron chi connectivity index (χ4n) is 13.6. The molecule has 0 bridgehead atoms. The number of pyridine rings is 5. The molecule has 14 aromatic rings. The number of anilines is 4. The van der Waals surface area contributed by atoms with Crippen molar-refractivity contribution in [3.63, 3.8) is 0 Å². The zero-order valence-corrected chi connectivity index (χ0v) is 59.4. The Balaban J connectivity index is 0.000000114. The molecule has 0 amide bonds. The number of rotatable bonds is 12. The van der Waals surface area contributed by atoms with Gasteiger partial charge in [0, 0.05) is 211 Å². The van der Waals surface area contributed by atoms with Gasteiger partial charge in [0.25, 0.3) is 22.2 Å². The number of benzene rings is 3. The van der Waals surface area contributed by atoms with Gasteiger partial charge >= 0.3 is 6.61 Å². The van der Waals surface area contributed by atoms with Crippen molar-refractivity contribution < 1.29 is 23.0 Å². The first-order valence-corrected chi connectivity index (χ1v) is 35.6. The summed E-state index contributed by atoms with van der Waals surface area (Å²) in [6.07, 6.45) is 12.8. The van der Waals surface area contributed by atoms with Gasteiger partial charge in [0.2, 0.25) is 5.88 Å². The van der Waals surface area contributed by atoms with Crippen LogP contribution in [0, 0.1) is 0 Å². The molecule has 4 aliphatic heterocycles. The highest BCUT2D eigenvalue weighted by Gasteiger charge is 2.20. The van der Waals surface area contributed by atoms with E-state index in [4.69, 9.17) is 31.0 Å². The molecular weight excluding hydrogens is 1390 g/mol. The first-order chi connectivity index (χ1) is 52.3. The van der Waals surface area contributed by atoms with Gasteiger partial charge in [-0.05, 0) is 109 Å². The molecule has 29 heteroatoms. The first-order valence-electron chi connectivity index (χ1n) is 35.2. The summed E-state index contributed by atoms with van der Waals surface area (Å²) in [5, 5.41) is 15.9. The van der Waals surface area contributed by atoms with E-state index in [1.54, 1.807) is 55.9 Å². The van der Waals surface area contributed by atoms with Crippen molar-refractivity contribution in [1.82, 2.24) is 73.8 Å². The number of nitrogens with one attached hydrogen (secondary N) is 6. The van der Waals surface area contributed by atoms with Gasteiger partial charge in [-0.15, -0.1) is 0 Å². The van der Waals surface area contributed by atoms with Gasteiger partial charge < -0.3 is 65.0 Å². The molecule has 0 spiro atoms. The topological polar surface area (TPSA) is 271 Å². The second-order valence-electron chi connectivity index (χ2n) is 25.8. The third-order valence-electron chi connectivity index (χ3n) is 19.2. The molecular formula is C78H76ClF2N19O7. The Kier molecular flexibility index (Phi) is 20.9. The minimum Gasteiger partial charge on any atom is -0.493 e. The van der Waals surface area contributed by atoms with Gasteiger partial charge in [0.15, 0.2) is 11.5 Å². The Labute approximate surface area is 615 Å². The number of ether oxygens (including phenoxy) is 3. The second kappa shape index (κ2) is 31.7. The van der Waals surface area contributed by atoms with Crippen LogP contribution < -0.4 is 77.3 Å². The molecule has 0 atom stereocenters. The van der Waals surface area contributed by atoms with Crippen LogP contribution in [-0.4, -0.2) is 178 Å². The summed E-state index contributed by atoms with van der Waals surface area (Å²) in [7, 11) is 2.87. The normalized spacial score (nSPS) is 14.7. The smallest absolute Gasteiger partial charge is 0.387 e. The van der Waals surface area contributed by atoms with Crippen LogP contribution in [0.3, 0.4) is 0 Å². The number of aromatic amines is 2. The highest BCUT2D eigenvalue weighted by Crippen LogP contribution is 2.34. The Morgan fingerprint density at radius 1 is 0.393 bits per heavy atom. The number of hydrogen-bond donors (Lipinski definition) is 6. The fourth-order valence-corrected chi connectivity index (χ4v) is 13.8. The van der Waals surface area contributed by atoms with Crippen LogP contribution in [0.15, 0.2) is 208 Å². The molecule has 6 N–H and O–H groups in total. The number of piperazine rings is 4. The predicted molar refractivity (Wildman–Crippen MR) is 414 cm³/mol. The van der Waals surface area contributed by atoms with E-state index in [2.05, 4.69) is 76.6 Å². The van der Waals surface area contributed by atoms with Gasteiger partial charge in [0.1, 0.15) is 27.6 Å². The largest absolute Gasteiger partial charge is 0.493 e. The van der Waals surface area contributed by atoms with E-state index in [1.807, 2.05) is 116 Å². The molecule has 0 saturated carbocycles. The highest BCUT2D eigenvalue weighted by atomic mass is 35.5. The number of nitrogens with zero attached hydrogens (tertiary/aromatic N) is 13. The van der Waals surface area contributed by atoms with Crippen LogP contribution in [0.4, 0.5) is 31.5 Å². The molecule has 0 radical (unpaired) electrons. The Morgan fingerprint density at radius 2 is 0.776 bits per heavy atom. The molecule has 18 rings (SSSR count). The van der Waals surface area contributed by atoms with Crippen LogP contribution in [0.25, 0.3) is 89.4 Å². The summed E-state index contributed by atoms with van der Waals surface area (Å²) in [4.78, 5) is 88.8. The van der Waals surface area contributed by atoms with E-state index in [1.165, 1.54) is 42.9 Å². The predicted octanol–water partition coefficient (Wildman–Crippen LogP) is 8.71. The molecule has 4 fully saturated rings. The molecule has 15 heterocycles. The number of methoxy groups -OCH3 is 2. The minimum atomic E-state index is -2.99. The number of H-pyrrole nitrogens is 2. The zero-order valence-electron chi connectivity index (χ0n) is 58.6. The van der Waals surface area contributed by atoms with Crippen molar-refractivity contribution in [2.24, 2.45) is 0 Å². The molecule has 4 saturated heterocycles. The average Bonchev–Trinajstić information content (AvgIpc) is 0.866. The van der Waals surface area contributed by atoms with Crippen LogP contribution in [0.2, 0.25) is 5.02 Å². The Morgan fingerprint density at radius 3 is 1.19 bits per heavy atom. The van der Waals surface area contributed by atoms with Gasteiger partial charge in [0.05, 0.1) is 59.7 Å². The average molecular weight is 1470 g/mol. The van der Waals surface area contributed by atoms with Gasteiger partial charge in [-0.25, -0.2) is 24.9 Å². The van der Waals surface area contributed by atoms with Crippen molar-refractivity contribution in [3.8, 4) is 62.4 Å². The molecule has 0 unspecified atom stereocenters. The molecule has 0 aliphatic carbocycles. The maximum Gasteiger partial charge on any atom is 0.387 e. The summed E-state index contributed by atoms with van der Waals surface area (Å²) in [5.74, 6) is 0.400. The minimum absolute atomic E-state index is 0.0591. The maximum atomic E-state index is 12.7. The second-order valence-corrected chi connectivity index (χ2v) is 26.3. The van der Waals surface area contributed by atoms with Crippen molar-refractivity contribution in [2.45, 2.75) is 6.61 Å². The quantitative estimate of drug-likeness (QED) is 0.0667. The lowest BCUT2D eigenvalue weighted by Gasteiger charge is -2.29. The van der Waals surface area contributed by atoms with Gasteiger partial charge in [-0.3, -0.25) is 36.8 Å². The van der Waals surface area contributed by atoms with E-state index in [9.17, 15) is 28.0 Å². The third kappa shape index (κ3) is 15.8. The molecule has 3 aromatic carbocycles. The molecule has 107 heavy (non-hydrogen) atoms. The van der Waals surface area contributed by atoms with Gasteiger partial charge in [-0.2, -0.15) is 8.78 Å². The summed E-state index contributed by atoms with van der Waals surface area (Å²) in [5.41, 5.74) is 13.4. The summed E-state index contributed by atoms with van der Waals surface area (Å²) in [6, 6.07) is 44.0. The summed E-state index contributed by atoms with van der Waals surface area (Å²) >= 11 is 6.13. The standard InChI is InChI=1S/C20H20F2N4O3.2C20H19N5O.C18H18ClN5O2/c1-28-16-4-2-13(10-17(16)29-20(21)22)15-11-19(27)26-12-14(3-5-18(26)24-15)25-8-6-23-7-9-25;26-20-12-18(14-1-3-17-15(11-14)5-6-22-17)23-19-4-2-16(13-25(19)20)24-9-7-21-8-10-24;26-20-12-18(15-2-1-14-5-6-22-17(14)11-15)23-19-4-3-16(13-25(19)20)24-9-7-21-8-10-24;1-26-18-14(19)8-12(10-21-18)15-9-17(25)24-11-13(2-3-16(24)22-15)23-6-4-20-5-7-23/h2-5,10-12,20,23H,6-9H2,1H3;2*1-6,11-13,21-22H,7-10H2;2-3,8-11,20H,4-7H2,1H3. The number of alkyl halides is 2. The monoisotopic (exact) mass is 1460 g/mol. The summed E-state index contributed by atoms with van der Waals surface area (Å²) in [6.45, 7) is 11.9. The van der Waals surface area contributed by atoms with Crippen LogP contribution in [0.1, 0.15) is 0 Å². The molecule has 546 valence electrons. The van der Waals surface area contributed by atoms with Gasteiger partial charge in [-0.1, -0.05) is 29.8 Å². The number of hydrogen-bond acceptors (Lipinski definition) is 20. The maximum absolute atomic E-state index is 12.7. The number of halogens is 3. The number of fused-ring (bicyclic) bond motifs is 6. The Hall–Kier alpha value is -12.1. The van der Waals surface area contributed by atoms with E-state index in [0.717, 1.165) is 160 Å². The lowest BCUT2D eigenvalue weighted by Crippen LogP contribution is -2.43. The molecule has 11 aromatic heterocycles. The first kappa shape index (κ1) is 70.6. The van der Waals surface area contributed by atoms with E-state index >= 15 is 0 Å². The molecule has 26 nitrogen and oxygen atoms in total. The lowest BCUT2D eigenvalue weighted by molar-refractivity contribution is -0.0511. The van der Waals surface area contributed by atoms with Crippen LogP contribution >= 0.6 is 11.6 Å². The van der Waals surface area contributed by atoms with Crippen molar-refractivity contribution in [1.29, 1.82) is 0 Å². The van der Waals surface area contributed by atoms with Crippen LogP contribution in [0.5, 0.6) is 17.4 Å². The lowest BCUT2D eigenvalue weighted by atomic mass is 10.1.